The summed E-state index contributed by atoms with van der Waals surface area (Å²) in [6.07, 6.45) is 0. The zero-order valence-electron chi connectivity index (χ0n) is 14.2. The second-order valence-corrected chi connectivity index (χ2v) is 6.93. The maximum atomic E-state index is 11.6. The average molecular weight is 334 g/mol. The van der Waals surface area contributed by atoms with Crippen molar-refractivity contribution in [2.45, 2.75) is 6.92 Å². The number of ether oxygens (including phenoxy) is 1. The van der Waals surface area contributed by atoms with Gasteiger partial charge in [0.1, 0.15) is 5.75 Å². The van der Waals surface area contributed by atoms with Gasteiger partial charge in [0.2, 0.25) is 0 Å². The first-order valence-electron chi connectivity index (χ1n) is 8.75. The second-order valence-electron chi connectivity index (χ2n) is 6.93. The van der Waals surface area contributed by atoms with Crippen LogP contribution >= 0.6 is 0 Å². The molecule has 0 atom stereocenters. The molecule has 122 valence electrons. The molecular formula is C24H14O2. The predicted octanol–water partition coefficient (Wildman–Crippen LogP) is 6.16. The highest BCUT2D eigenvalue weighted by molar-refractivity contribution is 6.32. The van der Waals surface area contributed by atoms with Gasteiger partial charge >= 0.3 is 5.97 Å². The van der Waals surface area contributed by atoms with Crippen LogP contribution in [0.25, 0.3) is 54.6 Å². The Labute approximate surface area is 150 Å². The third-order valence-electron chi connectivity index (χ3n) is 5.47. The summed E-state index contributed by atoms with van der Waals surface area (Å²) < 4.78 is 5.53. The molecule has 0 aliphatic heterocycles. The van der Waals surface area contributed by atoms with Crippen molar-refractivity contribution < 1.29 is 9.53 Å². The number of fused-ring (bicyclic) bond motifs is 3. The molecule has 26 heavy (non-hydrogen) atoms. The van der Waals surface area contributed by atoms with Crippen LogP contribution in [0, 0.1) is 0 Å². The van der Waals surface area contributed by atoms with Crippen LogP contribution in [-0.2, 0) is 4.79 Å². The molecule has 1 aliphatic carbocycles. The van der Waals surface area contributed by atoms with E-state index in [1.807, 2.05) is 18.2 Å². The Kier molecular flexibility index (Phi) is 2.46. The van der Waals surface area contributed by atoms with E-state index < -0.39 is 0 Å². The number of carbonyl (C=O) groups excluding carboxylic acids is 1. The van der Waals surface area contributed by atoms with E-state index in [0.717, 1.165) is 10.8 Å². The fourth-order valence-corrected chi connectivity index (χ4v) is 4.54. The number of esters is 1. The van der Waals surface area contributed by atoms with Gasteiger partial charge in [-0.1, -0.05) is 54.6 Å². The molecule has 5 aromatic rings. The number of carbonyl (C=O) groups is 1. The predicted molar refractivity (Wildman–Crippen MR) is 106 cm³/mol. The van der Waals surface area contributed by atoms with Crippen LogP contribution in [-0.4, -0.2) is 5.97 Å². The molecule has 2 nitrogen and oxygen atoms in total. The van der Waals surface area contributed by atoms with Gasteiger partial charge in [0, 0.05) is 17.7 Å². The van der Waals surface area contributed by atoms with Crippen molar-refractivity contribution in [1.29, 1.82) is 0 Å². The quantitative estimate of drug-likeness (QED) is 0.205. The first kappa shape index (κ1) is 13.9. The van der Waals surface area contributed by atoms with Crippen molar-refractivity contribution in [1.82, 2.24) is 0 Å². The minimum Gasteiger partial charge on any atom is -0.426 e. The zero-order valence-corrected chi connectivity index (χ0v) is 14.2. The highest BCUT2D eigenvalue weighted by Crippen LogP contribution is 2.52. The summed E-state index contributed by atoms with van der Waals surface area (Å²) in [5.74, 6) is 0.340. The lowest BCUT2D eigenvalue weighted by Gasteiger charge is -2.15. The van der Waals surface area contributed by atoms with Gasteiger partial charge in [0.05, 0.1) is 0 Å². The van der Waals surface area contributed by atoms with E-state index in [9.17, 15) is 4.79 Å². The standard InChI is InChI=1S/C24H14O2/c1-13(25)26-21-12-15-9-10-18-16-6-2-3-7-17(16)20-11-14-5-4-8-19(21)22(14)23(15)24(18)20/h2-12H,1H3. The first-order chi connectivity index (χ1) is 12.7. The molecule has 2 heteroatoms. The van der Waals surface area contributed by atoms with Crippen LogP contribution < -0.4 is 4.74 Å². The monoisotopic (exact) mass is 334 g/mol. The largest absolute Gasteiger partial charge is 0.426 e. The maximum Gasteiger partial charge on any atom is 0.308 e. The Hall–Kier alpha value is -3.39. The summed E-state index contributed by atoms with van der Waals surface area (Å²) in [6.45, 7) is 1.45. The Morgan fingerprint density at radius 1 is 0.692 bits per heavy atom. The summed E-state index contributed by atoms with van der Waals surface area (Å²) in [5, 5.41) is 7.02. The summed E-state index contributed by atoms with van der Waals surface area (Å²) in [4.78, 5) is 11.6. The number of hydrogen-bond acceptors (Lipinski definition) is 2. The number of benzene rings is 5. The van der Waals surface area contributed by atoms with Gasteiger partial charge in [-0.05, 0) is 55.9 Å². The fraction of sp³-hybridized carbons (Fsp3) is 0.0417. The topological polar surface area (TPSA) is 26.3 Å². The molecule has 0 saturated carbocycles. The van der Waals surface area contributed by atoms with Crippen LogP contribution in [0.5, 0.6) is 5.75 Å². The van der Waals surface area contributed by atoms with Crippen molar-refractivity contribution >= 4 is 38.3 Å². The smallest absolute Gasteiger partial charge is 0.308 e. The fourth-order valence-electron chi connectivity index (χ4n) is 4.54. The highest BCUT2D eigenvalue weighted by Gasteiger charge is 2.25. The van der Waals surface area contributed by atoms with Crippen LogP contribution in [0.1, 0.15) is 6.92 Å². The molecule has 5 aromatic carbocycles. The normalized spacial score (nSPS) is 12.2. The van der Waals surface area contributed by atoms with Crippen molar-refractivity contribution in [3.05, 3.63) is 66.7 Å². The van der Waals surface area contributed by atoms with Crippen LogP contribution in [0.15, 0.2) is 66.7 Å². The van der Waals surface area contributed by atoms with Gasteiger partial charge in [-0.15, -0.1) is 0 Å². The van der Waals surface area contributed by atoms with Crippen LogP contribution in [0.4, 0.5) is 0 Å². The van der Waals surface area contributed by atoms with Gasteiger partial charge < -0.3 is 4.74 Å². The summed E-state index contributed by atoms with van der Waals surface area (Å²) >= 11 is 0. The number of hydrogen-bond donors (Lipinski definition) is 0. The van der Waals surface area contributed by atoms with Gasteiger partial charge in [-0.25, -0.2) is 0 Å². The molecule has 0 saturated heterocycles. The van der Waals surface area contributed by atoms with Crippen LogP contribution in [0.3, 0.4) is 0 Å². The van der Waals surface area contributed by atoms with E-state index in [0.29, 0.717) is 5.75 Å². The van der Waals surface area contributed by atoms with E-state index in [1.54, 1.807) is 0 Å². The zero-order chi connectivity index (χ0) is 17.4. The lowest BCUT2D eigenvalue weighted by Crippen LogP contribution is -2.02. The molecule has 0 unspecified atom stereocenters. The van der Waals surface area contributed by atoms with E-state index in [-0.39, 0.29) is 5.97 Å². The lowest BCUT2D eigenvalue weighted by atomic mass is 9.90. The third kappa shape index (κ3) is 1.59. The second kappa shape index (κ2) is 4.61. The Morgan fingerprint density at radius 2 is 1.46 bits per heavy atom. The lowest BCUT2D eigenvalue weighted by molar-refractivity contribution is -0.131. The molecule has 0 N–H and O–H groups in total. The molecule has 6 rings (SSSR count). The van der Waals surface area contributed by atoms with E-state index >= 15 is 0 Å². The Bertz CT molecular complexity index is 1380. The minimum atomic E-state index is -0.294. The maximum absolute atomic E-state index is 11.6. The van der Waals surface area contributed by atoms with Crippen LogP contribution in [0.2, 0.25) is 0 Å². The summed E-state index contributed by atoms with van der Waals surface area (Å²) in [5.41, 5.74) is 5.17. The summed E-state index contributed by atoms with van der Waals surface area (Å²) in [7, 11) is 0. The molecular weight excluding hydrogens is 320 g/mol. The van der Waals surface area contributed by atoms with E-state index in [1.165, 1.54) is 50.7 Å². The molecule has 0 amide bonds. The van der Waals surface area contributed by atoms with Crippen molar-refractivity contribution in [2.24, 2.45) is 0 Å². The van der Waals surface area contributed by atoms with E-state index in [2.05, 4.69) is 48.5 Å². The van der Waals surface area contributed by atoms with Gasteiger partial charge in [0.25, 0.3) is 0 Å². The Morgan fingerprint density at radius 3 is 2.27 bits per heavy atom. The molecule has 0 radical (unpaired) electrons. The molecule has 0 fully saturated rings. The minimum absolute atomic E-state index is 0.294. The Balaban J connectivity index is 1.88. The molecule has 0 aromatic heterocycles. The van der Waals surface area contributed by atoms with Gasteiger partial charge in [-0.2, -0.15) is 0 Å². The van der Waals surface area contributed by atoms with Crippen molar-refractivity contribution in [3.63, 3.8) is 0 Å². The third-order valence-corrected chi connectivity index (χ3v) is 5.47. The molecule has 0 bridgehead atoms. The SMILES string of the molecule is CC(=O)Oc1cc2ccc3c4c(cc5cccc1c5c24)-c1ccccc1-3. The van der Waals surface area contributed by atoms with E-state index in [4.69, 9.17) is 4.74 Å². The summed E-state index contributed by atoms with van der Waals surface area (Å²) in [6, 6.07) is 23.4. The van der Waals surface area contributed by atoms with Gasteiger partial charge in [0.15, 0.2) is 0 Å². The highest BCUT2D eigenvalue weighted by atomic mass is 16.5. The molecule has 1 aliphatic rings. The average Bonchev–Trinajstić information content (AvgIpc) is 2.97. The molecule has 0 spiro atoms. The first-order valence-corrected chi connectivity index (χ1v) is 8.75. The van der Waals surface area contributed by atoms with Crippen molar-refractivity contribution in [3.8, 4) is 28.0 Å². The number of rotatable bonds is 1. The molecule has 0 heterocycles. The van der Waals surface area contributed by atoms with Crippen molar-refractivity contribution in [2.75, 3.05) is 0 Å². The van der Waals surface area contributed by atoms with Gasteiger partial charge in [-0.3, -0.25) is 4.79 Å².